The van der Waals surface area contributed by atoms with Crippen LogP contribution in [0.1, 0.15) is 15.9 Å². The van der Waals surface area contributed by atoms with Crippen molar-refractivity contribution in [1.29, 1.82) is 0 Å². The molecular formula is C24H18Cl2N2O2. The molecule has 3 N–H and O–H groups in total. The van der Waals surface area contributed by atoms with Gasteiger partial charge in [0.1, 0.15) is 6.04 Å². The highest BCUT2D eigenvalue weighted by Gasteiger charge is 2.23. The van der Waals surface area contributed by atoms with Crippen molar-refractivity contribution in [2.45, 2.75) is 12.5 Å². The molecule has 2 amide bonds. The van der Waals surface area contributed by atoms with Gasteiger partial charge in [-0.3, -0.25) is 9.59 Å². The SMILES string of the molecule is NC(=O)[C@H](Cc1ccc(Cl)cc1Cl)NC(=O)c1c2ccccc2cc2ccccc12. The van der Waals surface area contributed by atoms with Crippen LogP contribution in [0.2, 0.25) is 10.0 Å². The van der Waals surface area contributed by atoms with Crippen molar-refractivity contribution in [2.24, 2.45) is 5.73 Å². The van der Waals surface area contributed by atoms with Crippen LogP contribution in [0.4, 0.5) is 0 Å². The van der Waals surface area contributed by atoms with E-state index in [0.717, 1.165) is 21.5 Å². The minimum Gasteiger partial charge on any atom is -0.368 e. The quantitative estimate of drug-likeness (QED) is 0.425. The highest BCUT2D eigenvalue weighted by Crippen LogP contribution is 2.29. The lowest BCUT2D eigenvalue weighted by molar-refractivity contribution is -0.119. The van der Waals surface area contributed by atoms with E-state index >= 15 is 0 Å². The number of rotatable bonds is 5. The minimum absolute atomic E-state index is 0.166. The first kappa shape index (κ1) is 20.2. The standard InChI is InChI=1S/C24H18Cl2N2O2/c25-17-10-9-16(20(26)13-17)12-21(23(27)29)28-24(30)22-18-7-3-1-5-14(18)11-15-6-2-4-8-19(15)22/h1-11,13,21H,12H2,(H2,27,29)(H,28,30)/t21-/m0/s1. The Labute approximate surface area is 183 Å². The molecular weight excluding hydrogens is 419 g/mol. The summed E-state index contributed by atoms with van der Waals surface area (Å²) in [4.78, 5) is 25.5. The molecule has 4 rings (SSSR count). The molecule has 0 saturated heterocycles. The lowest BCUT2D eigenvalue weighted by Gasteiger charge is -2.18. The molecule has 0 aliphatic carbocycles. The first-order valence-electron chi connectivity index (χ1n) is 9.38. The molecule has 150 valence electrons. The van der Waals surface area contributed by atoms with E-state index in [9.17, 15) is 9.59 Å². The van der Waals surface area contributed by atoms with E-state index in [0.29, 0.717) is 21.2 Å². The fourth-order valence-electron chi connectivity index (χ4n) is 3.62. The van der Waals surface area contributed by atoms with Gasteiger partial charge in [-0.05, 0) is 45.3 Å². The molecule has 4 nitrogen and oxygen atoms in total. The maximum atomic E-state index is 13.3. The molecule has 4 aromatic rings. The van der Waals surface area contributed by atoms with Gasteiger partial charge in [-0.15, -0.1) is 0 Å². The third-order valence-corrected chi connectivity index (χ3v) is 5.67. The van der Waals surface area contributed by atoms with Crippen LogP contribution in [0, 0.1) is 0 Å². The summed E-state index contributed by atoms with van der Waals surface area (Å²) in [6.07, 6.45) is 0.166. The maximum Gasteiger partial charge on any atom is 0.253 e. The van der Waals surface area contributed by atoms with Gasteiger partial charge in [0.25, 0.3) is 5.91 Å². The molecule has 0 spiro atoms. The van der Waals surface area contributed by atoms with Crippen molar-refractivity contribution < 1.29 is 9.59 Å². The monoisotopic (exact) mass is 436 g/mol. The number of carbonyl (C=O) groups is 2. The summed E-state index contributed by atoms with van der Waals surface area (Å²) in [7, 11) is 0. The second-order valence-electron chi connectivity index (χ2n) is 7.06. The maximum absolute atomic E-state index is 13.3. The Morgan fingerprint density at radius 2 is 1.47 bits per heavy atom. The Balaban J connectivity index is 1.74. The normalized spacial score (nSPS) is 12.1. The molecule has 0 unspecified atom stereocenters. The number of carbonyl (C=O) groups excluding carboxylic acids is 2. The third-order valence-electron chi connectivity index (χ3n) is 5.09. The number of halogens is 2. The second-order valence-corrected chi connectivity index (χ2v) is 7.91. The molecule has 1 atom stereocenters. The van der Waals surface area contributed by atoms with E-state index in [-0.39, 0.29) is 12.3 Å². The van der Waals surface area contributed by atoms with E-state index in [4.69, 9.17) is 28.9 Å². The lowest BCUT2D eigenvalue weighted by Crippen LogP contribution is -2.46. The third kappa shape index (κ3) is 3.97. The average Bonchev–Trinajstić information content (AvgIpc) is 2.73. The van der Waals surface area contributed by atoms with Crippen molar-refractivity contribution >= 4 is 56.6 Å². The van der Waals surface area contributed by atoms with Crippen LogP contribution in [-0.2, 0) is 11.2 Å². The lowest BCUT2D eigenvalue weighted by atomic mass is 9.95. The summed E-state index contributed by atoms with van der Waals surface area (Å²) < 4.78 is 0. The van der Waals surface area contributed by atoms with E-state index in [2.05, 4.69) is 5.32 Å². The number of fused-ring (bicyclic) bond motifs is 2. The molecule has 0 heterocycles. The zero-order valence-corrected chi connectivity index (χ0v) is 17.4. The van der Waals surface area contributed by atoms with Crippen LogP contribution < -0.4 is 11.1 Å². The molecule has 0 aliphatic heterocycles. The Morgan fingerprint density at radius 3 is 2.03 bits per heavy atom. The first-order valence-corrected chi connectivity index (χ1v) is 10.1. The number of hydrogen-bond acceptors (Lipinski definition) is 2. The predicted molar refractivity (Wildman–Crippen MR) is 122 cm³/mol. The Hall–Kier alpha value is -3.08. The predicted octanol–water partition coefficient (Wildman–Crippen LogP) is 5.13. The van der Waals surface area contributed by atoms with E-state index in [1.54, 1.807) is 18.2 Å². The molecule has 30 heavy (non-hydrogen) atoms. The molecule has 0 saturated carbocycles. The number of amides is 2. The van der Waals surface area contributed by atoms with Crippen molar-refractivity contribution in [3.05, 3.63) is 94.0 Å². The fourth-order valence-corrected chi connectivity index (χ4v) is 4.10. The highest BCUT2D eigenvalue weighted by atomic mass is 35.5. The van der Waals surface area contributed by atoms with Gasteiger partial charge in [0.05, 0.1) is 5.56 Å². The van der Waals surface area contributed by atoms with Crippen LogP contribution in [0.5, 0.6) is 0 Å². The number of nitrogens with two attached hydrogens (primary N) is 1. The van der Waals surface area contributed by atoms with Gasteiger partial charge in [0, 0.05) is 16.5 Å². The molecule has 0 aliphatic rings. The summed E-state index contributed by atoms with van der Waals surface area (Å²) in [6.45, 7) is 0. The smallest absolute Gasteiger partial charge is 0.253 e. The summed E-state index contributed by atoms with van der Waals surface area (Å²) >= 11 is 12.2. The summed E-state index contributed by atoms with van der Waals surface area (Å²) in [5.74, 6) is -1.00. The zero-order chi connectivity index (χ0) is 21.3. The van der Waals surface area contributed by atoms with E-state index in [1.807, 2.05) is 54.6 Å². The van der Waals surface area contributed by atoms with Gasteiger partial charge in [0.2, 0.25) is 5.91 Å². The van der Waals surface area contributed by atoms with Crippen molar-refractivity contribution in [3.63, 3.8) is 0 Å². The molecule has 0 bridgehead atoms. The molecule has 4 aromatic carbocycles. The van der Waals surface area contributed by atoms with Gasteiger partial charge >= 0.3 is 0 Å². The molecule has 6 heteroatoms. The summed E-state index contributed by atoms with van der Waals surface area (Å²) in [6, 6.07) is 21.4. The van der Waals surface area contributed by atoms with E-state index in [1.165, 1.54) is 0 Å². The van der Waals surface area contributed by atoms with Gasteiger partial charge < -0.3 is 11.1 Å². The van der Waals surface area contributed by atoms with Crippen molar-refractivity contribution in [1.82, 2.24) is 5.32 Å². The Morgan fingerprint density at radius 1 is 0.867 bits per heavy atom. The van der Waals surface area contributed by atoms with Crippen LogP contribution >= 0.6 is 23.2 Å². The second kappa shape index (κ2) is 8.34. The number of nitrogens with one attached hydrogen (secondary N) is 1. The largest absolute Gasteiger partial charge is 0.368 e. The molecule has 0 fully saturated rings. The highest BCUT2D eigenvalue weighted by molar-refractivity contribution is 6.35. The number of hydrogen-bond donors (Lipinski definition) is 2. The summed E-state index contributed by atoms with van der Waals surface area (Å²) in [5.41, 5.74) is 6.78. The zero-order valence-electron chi connectivity index (χ0n) is 15.9. The topological polar surface area (TPSA) is 72.2 Å². The first-order chi connectivity index (χ1) is 14.4. The fraction of sp³-hybridized carbons (Fsp3) is 0.0833. The number of benzene rings is 4. The van der Waals surface area contributed by atoms with Crippen LogP contribution in [0.15, 0.2) is 72.8 Å². The minimum atomic E-state index is -0.922. The van der Waals surface area contributed by atoms with Gasteiger partial charge in [-0.25, -0.2) is 0 Å². The van der Waals surface area contributed by atoms with Gasteiger partial charge in [0.15, 0.2) is 0 Å². The molecule has 0 aromatic heterocycles. The van der Waals surface area contributed by atoms with Crippen LogP contribution in [0.25, 0.3) is 21.5 Å². The van der Waals surface area contributed by atoms with Gasteiger partial charge in [-0.1, -0.05) is 77.8 Å². The van der Waals surface area contributed by atoms with E-state index < -0.39 is 11.9 Å². The van der Waals surface area contributed by atoms with Crippen molar-refractivity contribution in [2.75, 3.05) is 0 Å². The summed E-state index contributed by atoms with van der Waals surface area (Å²) in [5, 5.41) is 7.21. The van der Waals surface area contributed by atoms with Crippen molar-refractivity contribution in [3.8, 4) is 0 Å². The van der Waals surface area contributed by atoms with Crippen LogP contribution in [-0.4, -0.2) is 17.9 Å². The molecule has 0 radical (unpaired) electrons. The van der Waals surface area contributed by atoms with Gasteiger partial charge in [-0.2, -0.15) is 0 Å². The average molecular weight is 437 g/mol. The number of primary amides is 1. The van der Waals surface area contributed by atoms with Crippen LogP contribution in [0.3, 0.4) is 0 Å². The Kier molecular flexibility index (Phi) is 5.62. The Bertz CT molecular complexity index is 1230.